The van der Waals surface area contributed by atoms with E-state index in [0.29, 0.717) is 5.56 Å². The molecule has 0 bridgehead atoms. The van der Waals surface area contributed by atoms with E-state index in [1.165, 1.54) is 10.5 Å². The highest BCUT2D eigenvalue weighted by molar-refractivity contribution is 7.13. The second-order valence-corrected chi connectivity index (χ2v) is 13.8. The number of ketones is 1. The summed E-state index contributed by atoms with van der Waals surface area (Å²) in [6.45, 7) is 11.5. The number of aromatic nitrogens is 1. The summed E-state index contributed by atoms with van der Waals surface area (Å²) in [5.41, 5.74) is 7.28. The summed E-state index contributed by atoms with van der Waals surface area (Å²) in [7, 11) is 0. The van der Waals surface area contributed by atoms with Crippen LogP contribution in [0.5, 0.6) is 0 Å². The fraction of sp³-hybridized carbons (Fsp3) is 0.471. The molecule has 1 aromatic heterocycles. The third-order valence-electron chi connectivity index (χ3n) is 8.79. The van der Waals surface area contributed by atoms with Gasteiger partial charge < -0.3 is 20.6 Å². The SMILES string of the molecule is Cc1ncsc1-c1ccc([C@H](C)NC(=O)[C@@H]2C[C@@H](O)CN2C(=O)[C@@H](CC(=O)c2ccc3c(c2)CNCC3)C(C)(C)C)cc1. The number of rotatable bonds is 8. The Morgan fingerprint density at radius 2 is 1.88 bits per heavy atom. The van der Waals surface area contributed by atoms with Crippen LogP contribution in [0.1, 0.15) is 79.3 Å². The molecular weight excluding hydrogens is 560 g/mol. The largest absolute Gasteiger partial charge is 0.391 e. The van der Waals surface area contributed by atoms with Gasteiger partial charge in [-0.25, -0.2) is 4.98 Å². The van der Waals surface area contributed by atoms with E-state index in [4.69, 9.17) is 0 Å². The van der Waals surface area contributed by atoms with Crippen molar-refractivity contribution in [2.24, 2.45) is 11.3 Å². The smallest absolute Gasteiger partial charge is 0.243 e. The number of benzene rings is 2. The zero-order valence-corrected chi connectivity index (χ0v) is 26.5. The maximum atomic E-state index is 14.1. The number of Topliss-reactive ketones (excluding diaryl/α,β-unsaturated/α-hetero) is 1. The fourth-order valence-electron chi connectivity index (χ4n) is 6.12. The molecule has 1 saturated heterocycles. The molecule has 3 aromatic rings. The Morgan fingerprint density at radius 1 is 1.14 bits per heavy atom. The van der Waals surface area contributed by atoms with Crippen molar-refractivity contribution >= 4 is 28.9 Å². The van der Waals surface area contributed by atoms with E-state index < -0.39 is 23.5 Å². The molecule has 43 heavy (non-hydrogen) atoms. The van der Waals surface area contributed by atoms with E-state index in [1.807, 2.05) is 82.6 Å². The Kier molecular flexibility index (Phi) is 9.15. The lowest BCUT2D eigenvalue weighted by atomic mass is 9.76. The minimum Gasteiger partial charge on any atom is -0.391 e. The topological polar surface area (TPSA) is 112 Å². The van der Waals surface area contributed by atoms with E-state index in [9.17, 15) is 19.5 Å². The lowest BCUT2D eigenvalue weighted by Gasteiger charge is -2.35. The van der Waals surface area contributed by atoms with E-state index in [2.05, 4.69) is 15.6 Å². The molecule has 3 N–H and O–H groups in total. The zero-order chi connectivity index (χ0) is 30.9. The van der Waals surface area contributed by atoms with Crippen molar-refractivity contribution in [1.29, 1.82) is 0 Å². The number of β-amino-alcohol motifs (C(OH)–C–C–N with tert-alkyl or cyclic N) is 1. The van der Waals surface area contributed by atoms with Gasteiger partial charge in [0.05, 0.1) is 34.1 Å². The maximum absolute atomic E-state index is 14.1. The predicted octanol–water partition coefficient (Wildman–Crippen LogP) is 4.84. The molecule has 1 fully saturated rings. The minimum atomic E-state index is -0.807. The van der Waals surface area contributed by atoms with Gasteiger partial charge in [-0.1, -0.05) is 57.2 Å². The Morgan fingerprint density at radius 3 is 2.56 bits per heavy atom. The van der Waals surface area contributed by atoms with Crippen molar-refractivity contribution < 1.29 is 19.5 Å². The highest BCUT2D eigenvalue weighted by Crippen LogP contribution is 2.35. The first-order chi connectivity index (χ1) is 20.4. The molecule has 0 radical (unpaired) electrons. The van der Waals surface area contributed by atoms with E-state index in [1.54, 1.807) is 11.3 Å². The van der Waals surface area contributed by atoms with Crippen molar-refractivity contribution in [3.05, 3.63) is 75.9 Å². The Balaban J connectivity index is 1.28. The van der Waals surface area contributed by atoms with Crippen molar-refractivity contribution in [2.75, 3.05) is 13.1 Å². The summed E-state index contributed by atoms with van der Waals surface area (Å²) >= 11 is 1.59. The van der Waals surface area contributed by atoms with Gasteiger partial charge >= 0.3 is 0 Å². The van der Waals surface area contributed by atoms with Gasteiger partial charge in [-0.3, -0.25) is 14.4 Å². The van der Waals surface area contributed by atoms with Gasteiger partial charge in [0.25, 0.3) is 0 Å². The highest BCUT2D eigenvalue weighted by Gasteiger charge is 2.44. The third kappa shape index (κ3) is 6.89. The van der Waals surface area contributed by atoms with Crippen molar-refractivity contribution in [2.45, 2.75) is 78.6 Å². The molecule has 8 nitrogen and oxygen atoms in total. The van der Waals surface area contributed by atoms with E-state index in [-0.39, 0.29) is 43.0 Å². The molecule has 4 atom stereocenters. The molecule has 2 amide bonds. The number of aliphatic hydroxyl groups is 1. The number of hydrogen-bond acceptors (Lipinski definition) is 7. The number of nitrogens with zero attached hydrogens (tertiary/aromatic N) is 2. The first kappa shape index (κ1) is 31.0. The predicted molar refractivity (Wildman–Crippen MR) is 169 cm³/mol. The van der Waals surface area contributed by atoms with Crippen LogP contribution in [0.15, 0.2) is 48.0 Å². The summed E-state index contributed by atoms with van der Waals surface area (Å²) in [5.74, 6) is -1.31. The second kappa shape index (κ2) is 12.7. The molecule has 2 aromatic carbocycles. The van der Waals surface area contributed by atoms with Crippen LogP contribution in [0, 0.1) is 18.3 Å². The van der Waals surface area contributed by atoms with Crippen LogP contribution in [-0.4, -0.2) is 57.8 Å². The number of carbonyl (C=O) groups is 3. The van der Waals surface area contributed by atoms with Gasteiger partial charge in [-0.05, 0) is 60.5 Å². The number of aryl methyl sites for hydroxylation is 1. The van der Waals surface area contributed by atoms with Gasteiger partial charge in [-0.15, -0.1) is 11.3 Å². The van der Waals surface area contributed by atoms with Gasteiger partial charge in [0.2, 0.25) is 11.8 Å². The first-order valence-corrected chi connectivity index (χ1v) is 16.0. The molecule has 2 aliphatic rings. The van der Waals surface area contributed by atoms with Gasteiger partial charge in [0.1, 0.15) is 6.04 Å². The van der Waals surface area contributed by atoms with Gasteiger partial charge in [0.15, 0.2) is 5.78 Å². The Bertz CT molecular complexity index is 1490. The Hall–Kier alpha value is -3.40. The molecule has 5 rings (SSSR count). The Labute approximate surface area is 257 Å². The van der Waals surface area contributed by atoms with Crippen LogP contribution in [0.25, 0.3) is 10.4 Å². The summed E-state index contributed by atoms with van der Waals surface area (Å²) in [6, 6.07) is 12.7. The number of hydrogen-bond donors (Lipinski definition) is 3. The lowest BCUT2D eigenvalue weighted by molar-refractivity contribution is -0.144. The van der Waals surface area contributed by atoms with Crippen LogP contribution < -0.4 is 10.6 Å². The van der Waals surface area contributed by atoms with Crippen LogP contribution in [0.4, 0.5) is 0 Å². The number of thiazole rings is 1. The number of aliphatic hydroxyl groups excluding tert-OH is 1. The van der Waals surface area contributed by atoms with Crippen LogP contribution in [0.2, 0.25) is 0 Å². The third-order valence-corrected chi connectivity index (χ3v) is 9.77. The number of nitrogens with one attached hydrogen (secondary N) is 2. The molecule has 9 heteroatoms. The molecule has 0 saturated carbocycles. The molecular formula is C34H42N4O4S. The first-order valence-electron chi connectivity index (χ1n) is 15.1. The summed E-state index contributed by atoms with van der Waals surface area (Å²) in [5, 5.41) is 17.0. The summed E-state index contributed by atoms with van der Waals surface area (Å²) < 4.78 is 0. The molecule has 0 unspecified atom stereocenters. The van der Waals surface area contributed by atoms with Gasteiger partial charge in [0, 0.05) is 31.5 Å². The standard InChI is InChI=1S/C34H42N4O4S/c1-20(22-6-9-24(10-7-22)31-21(2)36-19-43-31)37-32(41)29-15-27(39)18-38(29)33(42)28(34(3,4)5)16-30(40)25-11-8-23-12-13-35-17-26(23)14-25/h6-11,14,19-20,27-29,35,39H,12-13,15-18H2,1-5H3,(H,37,41)/t20-,27+,28+,29-/m0/s1. The quantitative estimate of drug-likeness (QED) is 0.318. The highest BCUT2D eigenvalue weighted by atomic mass is 32.1. The summed E-state index contributed by atoms with van der Waals surface area (Å²) in [6.07, 6.45) is 0.333. The number of amides is 2. The molecule has 3 heterocycles. The lowest BCUT2D eigenvalue weighted by Crippen LogP contribution is -2.50. The minimum absolute atomic E-state index is 0.0392. The number of carbonyl (C=O) groups excluding carboxylic acids is 3. The average Bonchev–Trinajstić information content (AvgIpc) is 3.59. The summed E-state index contributed by atoms with van der Waals surface area (Å²) in [4.78, 5) is 48.0. The van der Waals surface area contributed by atoms with E-state index in [0.717, 1.165) is 46.8 Å². The van der Waals surface area contributed by atoms with Crippen LogP contribution >= 0.6 is 11.3 Å². The average molecular weight is 603 g/mol. The van der Waals surface area contributed by atoms with Crippen molar-refractivity contribution in [1.82, 2.24) is 20.5 Å². The number of fused-ring (bicyclic) bond motifs is 1. The van der Waals surface area contributed by atoms with Crippen LogP contribution in [0.3, 0.4) is 0 Å². The van der Waals surface area contributed by atoms with Crippen molar-refractivity contribution in [3.8, 4) is 10.4 Å². The monoisotopic (exact) mass is 602 g/mol. The van der Waals surface area contributed by atoms with Crippen molar-refractivity contribution in [3.63, 3.8) is 0 Å². The second-order valence-electron chi connectivity index (χ2n) is 13.0. The molecule has 2 aliphatic heterocycles. The fourth-order valence-corrected chi connectivity index (χ4v) is 6.93. The van der Waals surface area contributed by atoms with Gasteiger partial charge in [-0.2, -0.15) is 0 Å². The molecule has 228 valence electrons. The molecule has 0 aliphatic carbocycles. The van der Waals surface area contributed by atoms with Crippen LogP contribution in [-0.2, 0) is 22.6 Å². The normalized spacial score (nSPS) is 19.9. The molecule has 0 spiro atoms. The maximum Gasteiger partial charge on any atom is 0.243 e. The number of likely N-dealkylation sites (tertiary alicyclic amines) is 1. The van der Waals surface area contributed by atoms with E-state index >= 15 is 0 Å². The zero-order valence-electron chi connectivity index (χ0n) is 25.6.